The Morgan fingerprint density at radius 3 is 2.46 bits per heavy atom. The average Bonchev–Trinajstić information content (AvgIpc) is 2.95. The number of aromatic carboxylic acids is 1. The van der Waals surface area contributed by atoms with Crippen molar-refractivity contribution in [3.8, 4) is 0 Å². The summed E-state index contributed by atoms with van der Waals surface area (Å²) in [7, 11) is -4.08. The van der Waals surface area contributed by atoms with Crippen LogP contribution in [0.3, 0.4) is 0 Å². The molecule has 1 aromatic carbocycles. The molecule has 3 aromatic rings. The molecule has 28 heavy (non-hydrogen) atoms. The van der Waals surface area contributed by atoms with Crippen LogP contribution >= 0.6 is 11.3 Å². The normalized spacial score (nSPS) is 11.5. The maximum Gasteiger partial charge on any atom is 0.346 e. The van der Waals surface area contributed by atoms with Gasteiger partial charge in [-0.25, -0.2) is 22.9 Å². The number of nitrogens with zero attached hydrogens (tertiary/aromatic N) is 2. The molecule has 0 saturated carbocycles. The summed E-state index contributed by atoms with van der Waals surface area (Å²) in [6, 6.07) is 5.93. The zero-order valence-corrected chi connectivity index (χ0v) is 16.4. The minimum absolute atomic E-state index is 0.0104. The van der Waals surface area contributed by atoms with E-state index in [0.717, 1.165) is 27.8 Å². The van der Waals surface area contributed by atoms with E-state index in [-0.39, 0.29) is 25.6 Å². The third kappa shape index (κ3) is 3.66. The molecular formula is C17H15N3O6S2. The lowest BCUT2D eigenvalue weighted by Gasteiger charge is -2.08. The Hall–Kier alpha value is -3.05. The fourth-order valence-electron chi connectivity index (χ4n) is 2.59. The lowest BCUT2D eigenvalue weighted by atomic mass is 10.2. The average molecular weight is 421 g/mol. The molecule has 0 saturated heterocycles. The molecule has 0 spiro atoms. The number of nitrogens with one attached hydrogen (secondary N) is 1. The van der Waals surface area contributed by atoms with Gasteiger partial charge in [0, 0.05) is 0 Å². The van der Waals surface area contributed by atoms with Crippen LogP contribution < -0.4 is 10.3 Å². The first-order chi connectivity index (χ1) is 13.1. The molecule has 9 nitrogen and oxygen atoms in total. The van der Waals surface area contributed by atoms with Gasteiger partial charge in [-0.05, 0) is 31.5 Å². The van der Waals surface area contributed by atoms with Crippen LogP contribution in [0.2, 0.25) is 0 Å². The van der Waals surface area contributed by atoms with Gasteiger partial charge in [-0.1, -0.05) is 17.7 Å². The number of carboxylic acid groups (broad SMARTS) is 1. The number of rotatable bonds is 5. The first-order valence-corrected chi connectivity index (χ1v) is 10.2. The zero-order chi connectivity index (χ0) is 20.6. The van der Waals surface area contributed by atoms with E-state index in [1.807, 2.05) is 4.72 Å². The van der Waals surface area contributed by atoms with Gasteiger partial charge in [0.25, 0.3) is 21.5 Å². The number of amides is 1. The second kappa shape index (κ2) is 7.17. The topological polar surface area (TPSA) is 135 Å². The fourth-order valence-corrected chi connectivity index (χ4v) is 4.54. The first kappa shape index (κ1) is 19.7. The Labute approximate surface area is 163 Å². The third-order valence-electron chi connectivity index (χ3n) is 4.00. The largest absolute Gasteiger partial charge is 0.477 e. The van der Waals surface area contributed by atoms with Crippen molar-refractivity contribution in [3.63, 3.8) is 0 Å². The second-order valence-electron chi connectivity index (χ2n) is 6.06. The molecule has 3 rings (SSSR count). The van der Waals surface area contributed by atoms with Crippen molar-refractivity contribution < 1.29 is 23.1 Å². The van der Waals surface area contributed by atoms with Crippen molar-refractivity contribution >= 4 is 43.5 Å². The highest BCUT2D eigenvalue weighted by Gasteiger charge is 2.21. The van der Waals surface area contributed by atoms with Gasteiger partial charge in [0.15, 0.2) is 0 Å². The number of carboxylic acids is 1. The molecule has 0 aliphatic rings. The number of thiophene rings is 1. The summed E-state index contributed by atoms with van der Waals surface area (Å²) in [5.74, 6) is -2.09. The Bertz CT molecular complexity index is 1260. The predicted molar refractivity (Wildman–Crippen MR) is 102 cm³/mol. The van der Waals surface area contributed by atoms with E-state index in [0.29, 0.717) is 0 Å². The highest BCUT2D eigenvalue weighted by Crippen LogP contribution is 2.26. The number of aryl methyl sites for hydroxylation is 2. The fraction of sp³-hybridized carbons (Fsp3) is 0.176. The van der Waals surface area contributed by atoms with Gasteiger partial charge in [0.2, 0.25) is 0 Å². The predicted octanol–water partition coefficient (Wildman–Crippen LogP) is 1.28. The van der Waals surface area contributed by atoms with E-state index >= 15 is 0 Å². The molecule has 0 aliphatic carbocycles. The van der Waals surface area contributed by atoms with Crippen LogP contribution in [0.1, 0.15) is 20.8 Å². The van der Waals surface area contributed by atoms with Crippen LogP contribution in [0.15, 0.2) is 40.3 Å². The quantitative estimate of drug-likeness (QED) is 0.633. The SMILES string of the molecule is Cc1ccc(S(=O)(=O)NC(=O)Cn2cnc3sc(C(=O)O)c(C)c3c2=O)cc1. The smallest absolute Gasteiger partial charge is 0.346 e. The highest BCUT2D eigenvalue weighted by molar-refractivity contribution is 7.90. The molecule has 0 atom stereocenters. The molecule has 2 heterocycles. The van der Waals surface area contributed by atoms with Gasteiger partial charge in [-0.15, -0.1) is 11.3 Å². The van der Waals surface area contributed by atoms with Gasteiger partial charge in [-0.2, -0.15) is 0 Å². The van der Waals surface area contributed by atoms with Crippen molar-refractivity contribution in [1.29, 1.82) is 0 Å². The number of benzene rings is 1. The molecule has 0 radical (unpaired) electrons. The minimum atomic E-state index is -4.08. The van der Waals surface area contributed by atoms with Crippen molar-refractivity contribution in [2.24, 2.45) is 0 Å². The van der Waals surface area contributed by atoms with E-state index < -0.39 is 34.0 Å². The molecule has 0 bridgehead atoms. The highest BCUT2D eigenvalue weighted by atomic mass is 32.2. The number of hydrogen-bond acceptors (Lipinski definition) is 7. The van der Waals surface area contributed by atoms with Crippen molar-refractivity contribution in [2.75, 3.05) is 0 Å². The summed E-state index contributed by atoms with van der Waals surface area (Å²) in [4.78, 5) is 40.2. The van der Waals surface area contributed by atoms with Crippen LogP contribution in [0.4, 0.5) is 0 Å². The Kier molecular flexibility index (Phi) is 5.04. The molecule has 146 valence electrons. The van der Waals surface area contributed by atoms with E-state index in [4.69, 9.17) is 5.11 Å². The molecule has 2 aromatic heterocycles. The van der Waals surface area contributed by atoms with E-state index in [1.165, 1.54) is 19.1 Å². The summed E-state index contributed by atoms with van der Waals surface area (Å²) < 4.78 is 27.4. The van der Waals surface area contributed by atoms with Gasteiger partial charge in [0.1, 0.15) is 16.3 Å². The Balaban J connectivity index is 1.88. The monoisotopic (exact) mass is 421 g/mol. The number of fused-ring (bicyclic) bond motifs is 1. The van der Waals surface area contributed by atoms with Crippen LogP contribution in [-0.4, -0.2) is 35.0 Å². The van der Waals surface area contributed by atoms with Crippen molar-refractivity contribution in [2.45, 2.75) is 25.3 Å². The maximum atomic E-state index is 12.6. The maximum absolute atomic E-state index is 12.6. The standard InChI is InChI=1S/C17H15N3O6S2/c1-9-3-5-11(6-4-9)28(25,26)19-12(21)7-20-8-18-15-13(16(20)22)10(2)14(27-15)17(23)24/h3-6,8H,7H2,1-2H3,(H,19,21)(H,23,24). The lowest BCUT2D eigenvalue weighted by molar-refractivity contribution is -0.119. The first-order valence-electron chi connectivity index (χ1n) is 7.94. The van der Waals surface area contributed by atoms with Gasteiger partial charge < -0.3 is 5.11 Å². The summed E-state index contributed by atoms with van der Waals surface area (Å²) in [6.45, 7) is 2.70. The van der Waals surface area contributed by atoms with Crippen molar-refractivity contribution in [1.82, 2.24) is 14.3 Å². The van der Waals surface area contributed by atoms with Gasteiger partial charge in [0.05, 0.1) is 16.6 Å². The Morgan fingerprint density at radius 2 is 1.86 bits per heavy atom. The number of aromatic nitrogens is 2. The van der Waals surface area contributed by atoms with Gasteiger partial charge in [-0.3, -0.25) is 14.2 Å². The second-order valence-corrected chi connectivity index (χ2v) is 8.74. The molecule has 1 amide bonds. The van der Waals surface area contributed by atoms with Crippen LogP contribution in [0.5, 0.6) is 0 Å². The van der Waals surface area contributed by atoms with E-state index in [9.17, 15) is 22.8 Å². The number of sulfonamides is 1. The lowest BCUT2D eigenvalue weighted by Crippen LogP contribution is -2.36. The van der Waals surface area contributed by atoms with Gasteiger partial charge >= 0.3 is 5.97 Å². The molecule has 0 fully saturated rings. The van der Waals surface area contributed by atoms with E-state index in [2.05, 4.69) is 4.98 Å². The van der Waals surface area contributed by atoms with Crippen LogP contribution in [0.25, 0.3) is 10.2 Å². The third-order valence-corrected chi connectivity index (χ3v) is 6.58. The van der Waals surface area contributed by atoms with Crippen LogP contribution in [-0.2, 0) is 21.4 Å². The minimum Gasteiger partial charge on any atom is -0.477 e. The van der Waals surface area contributed by atoms with E-state index in [1.54, 1.807) is 19.1 Å². The summed E-state index contributed by atoms with van der Waals surface area (Å²) in [6.07, 6.45) is 1.09. The summed E-state index contributed by atoms with van der Waals surface area (Å²) in [5, 5.41) is 9.26. The number of hydrogen-bond donors (Lipinski definition) is 2. The molecule has 2 N–H and O–H groups in total. The number of carbonyl (C=O) groups excluding carboxylic acids is 1. The zero-order valence-electron chi connectivity index (χ0n) is 14.8. The Morgan fingerprint density at radius 1 is 1.21 bits per heavy atom. The molecule has 0 aliphatic heterocycles. The summed E-state index contributed by atoms with van der Waals surface area (Å²) >= 11 is 0.862. The van der Waals surface area contributed by atoms with Crippen molar-refractivity contribution in [3.05, 3.63) is 57.0 Å². The summed E-state index contributed by atoms with van der Waals surface area (Å²) in [5.41, 5.74) is 0.504. The molecule has 0 unspecified atom stereocenters. The van der Waals surface area contributed by atoms with Crippen LogP contribution in [0, 0.1) is 13.8 Å². The molecular weight excluding hydrogens is 406 g/mol. The molecule has 11 heteroatoms. The number of carbonyl (C=O) groups is 2.